The number of rotatable bonds is 4. The fourth-order valence-corrected chi connectivity index (χ4v) is 4.64. The molecule has 0 aliphatic rings. The number of halogens is 1. The number of fused-ring (bicyclic) bond motifs is 2. The second kappa shape index (κ2) is 7.85. The summed E-state index contributed by atoms with van der Waals surface area (Å²) in [5.74, 6) is 0.294. The molecule has 7 heteroatoms. The van der Waals surface area contributed by atoms with E-state index in [9.17, 15) is 4.79 Å². The summed E-state index contributed by atoms with van der Waals surface area (Å²) >= 11 is 4.89. The first-order valence-corrected chi connectivity index (χ1v) is 10.8. The standard InChI is InChI=1S/C23H14BrN3O2S/c24-16-10-11-20-21(13-16)30-23(26-20)27(25-14-17-7-4-12-29-17)22(28)19-9-3-6-15-5-1-2-8-18(15)19/h1-14H/b25-14+. The first-order chi connectivity index (χ1) is 14.7. The summed E-state index contributed by atoms with van der Waals surface area (Å²) in [6.07, 6.45) is 3.08. The lowest BCUT2D eigenvalue weighted by Crippen LogP contribution is -2.25. The summed E-state index contributed by atoms with van der Waals surface area (Å²) in [7, 11) is 0. The van der Waals surface area contributed by atoms with Crippen molar-refractivity contribution in [3.8, 4) is 0 Å². The zero-order chi connectivity index (χ0) is 20.5. The highest BCUT2D eigenvalue weighted by atomic mass is 79.9. The second-order valence-corrected chi connectivity index (χ2v) is 8.44. The number of amides is 1. The molecule has 0 atom stereocenters. The van der Waals surface area contributed by atoms with E-state index >= 15 is 0 Å². The van der Waals surface area contributed by atoms with E-state index in [2.05, 4.69) is 26.0 Å². The van der Waals surface area contributed by atoms with Gasteiger partial charge in [0.2, 0.25) is 5.13 Å². The minimum Gasteiger partial charge on any atom is -0.463 e. The molecule has 0 unspecified atom stereocenters. The van der Waals surface area contributed by atoms with Crippen molar-refractivity contribution in [3.05, 3.63) is 94.9 Å². The Morgan fingerprint density at radius 1 is 1.07 bits per heavy atom. The molecular weight excluding hydrogens is 462 g/mol. The summed E-state index contributed by atoms with van der Waals surface area (Å²) in [4.78, 5) is 18.2. The first-order valence-electron chi connectivity index (χ1n) is 9.15. The van der Waals surface area contributed by atoms with Crippen LogP contribution in [0, 0.1) is 0 Å². The lowest BCUT2D eigenvalue weighted by Gasteiger charge is -2.15. The molecule has 2 aromatic heterocycles. The van der Waals surface area contributed by atoms with E-state index < -0.39 is 0 Å². The molecule has 0 aliphatic carbocycles. The van der Waals surface area contributed by atoms with Gasteiger partial charge in [0.1, 0.15) is 5.76 Å². The fourth-order valence-electron chi connectivity index (χ4n) is 3.17. The third kappa shape index (κ3) is 3.53. The molecular formula is C23H14BrN3O2S. The summed E-state index contributed by atoms with van der Waals surface area (Å²) in [5, 5.41) is 8.12. The maximum Gasteiger partial charge on any atom is 0.281 e. The Kier molecular flexibility index (Phi) is 4.90. The molecule has 5 nitrogen and oxygen atoms in total. The summed E-state index contributed by atoms with van der Waals surface area (Å²) < 4.78 is 7.26. The molecule has 5 aromatic rings. The van der Waals surface area contributed by atoms with Gasteiger partial charge in [-0.15, -0.1) is 0 Å². The zero-order valence-electron chi connectivity index (χ0n) is 15.5. The number of furan rings is 1. The minimum atomic E-state index is -0.257. The summed E-state index contributed by atoms with van der Waals surface area (Å²) in [5.41, 5.74) is 1.37. The van der Waals surface area contributed by atoms with Gasteiger partial charge in [-0.05, 0) is 47.2 Å². The maximum absolute atomic E-state index is 13.6. The summed E-state index contributed by atoms with van der Waals surface area (Å²) in [6.45, 7) is 0. The lowest BCUT2D eigenvalue weighted by atomic mass is 10.0. The lowest BCUT2D eigenvalue weighted by molar-refractivity contribution is 0.0989. The van der Waals surface area contributed by atoms with Crippen molar-refractivity contribution in [1.29, 1.82) is 0 Å². The Morgan fingerprint density at radius 3 is 2.80 bits per heavy atom. The second-order valence-electron chi connectivity index (χ2n) is 6.51. The van der Waals surface area contributed by atoms with Crippen LogP contribution >= 0.6 is 27.3 Å². The van der Waals surface area contributed by atoms with Gasteiger partial charge in [0.25, 0.3) is 5.91 Å². The molecule has 0 fully saturated rings. The van der Waals surface area contributed by atoms with Crippen molar-refractivity contribution >= 4 is 65.5 Å². The average Bonchev–Trinajstić information content (AvgIpc) is 3.43. The zero-order valence-corrected chi connectivity index (χ0v) is 17.9. The SMILES string of the molecule is O=C(c1cccc2ccccc12)N(/N=C/c1ccco1)c1nc2ccc(Br)cc2s1. The predicted molar refractivity (Wildman–Crippen MR) is 124 cm³/mol. The van der Waals surface area contributed by atoms with Gasteiger partial charge in [-0.1, -0.05) is 63.7 Å². The van der Waals surface area contributed by atoms with Gasteiger partial charge >= 0.3 is 0 Å². The van der Waals surface area contributed by atoms with Gasteiger partial charge in [0, 0.05) is 10.0 Å². The molecule has 146 valence electrons. The number of benzene rings is 3. The Bertz CT molecular complexity index is 1390. The molecule has 2 heterocycles. The molecule has 0 saturated heterocycles. The minimum absolute atomic E-state index is 0.257. The number of carbonyl (C=O) groups excluding carboxylic acids is 1. The van der Waals surface area contributed by atoms with Crippen LogP contribution < -0.4 is 5.01 Å². The molecule has 0 saturated carbocycles. The molecule has 0 spiro atoms. The van der Waals surface area contributed by atoms with Crippen LogP contribution in [-0.2, 0) is 0 Å². The molecule has 0 aliphatic heterocycles. The largest absolute Gasteiger partial charge is 0.463 e. The molecule has 0 N–H and O–H groups in total. The molecule has 5 rings (SSSR count). The molecule has 0 radical (unpaired) electrons. The van der Waals surface area contributed by atoms with Crippen LogP contribution in [0.25, 0.3) is 21.0 Å². The van der Waals surface area contributed by atoms with Gasteiger partial charge in [-0.2, -0.15) is 10.1 Å². The summed E-state index contributed by atoms with van der Waals surface area (Å²) in [6, 6.07) is 22.8. The van der Waals surface area contributed by atoms with E-state index in [1.54, 1.807) is 18.4 Å². The smallest absolute Gasteiger partial charge is 0.281 e. The third-order valence-electron chi connectivity index (χ3n) is 4.58. The van der Waals surface area contributed by atoms with Crippen molar-refractivity contribution in [2.75, 3.05) is 5.01 Å². The van der Waals surface area contributed by atoms with E-state index in [1.807, 2.05) is 60.7 Å². The Morgan fingerprint density at radius 2 is 1.93 bits per heavy atom. The first kappa shape index (κ1) is 18.7. The number of nitrogens with zero attached hydrogens (tertiary/aromatic N) is 3. The number of thiazole rings is 1. The van der Waals surface area contributed by atoms with E-state index in [0.29, 0.717) is 16.5 Å². The topological polar surface area (TPSA) is 58.7 Å². The quantitative estimate of drug-likeness (QED) is 0.220. The Balaban J connectivity index is 1.63. The maximum atomic E-state index is 13.6. The van der Waals surface area contributed by atoms with E-state index in [1.165, 1.54) is 22.6 Å². The monoisotopic (exact) mass is 475 g/mol. The van der Waals surface area contributed by atoms with Crippen LogP contribution in [0.4, 0.5) is 5.13 Å². The molecule has 30 heavy (non-hydrogen) atoms. The molecule has 3 aromatic carbocycles. The van der Waals surface area contributed by atoms with Crippen LogP contribution in [0.2, 0.25) is 0 Å². The number of carbonyl (C=O) groups is 1. The van der Waals surface area contributed by atoms with Crippen molar-refractivity contribution in [2.45, 2.75) is 0 Å². The van der Waals surface area contributed by atoms with Gasteiger partial charge in [-0.25, -0.2) is 4.98 Å². The highest BCUT2D eigenvalue weighted by molar-refractivity contribution is 9.10. The number of aromatic nitrogens is 1. The third-order valence-corrected chi connectivity index (χ3v) is 6.06. The van der Waals surface area contributed by atoms with E-state index in [0.717, 1.165) is 25.5 Å². The molecule has 0 bridgehead atoms. The Hall–Kier alpha value is -3.29. The van der Waals surface area contributed by atoms with Crippen LogP contribution in [0.3, 0.4) is 0 Å². The van der Waals surface area contributed by atoms with Gasteiger partial charge in [0.15, 0.2) is 0 Å². The van der Waals surface area contributed by atoms with Crippen molar-refractivity contribution in [2.24, 2.45) is 5.10 Å². The predicted octanol–water partition coefficient (Wildman–Crippen LogP) is 6.49. The number of hydrogen-bond donors (Lipinski definition) is 0. The van der Waals surface area contributed by atoms with Crippen LogP contribution in [0.15, 0.2) is 93.1 Å². The van der Waals surface area contributed by atoms with Crippen LogP contribution in [0.5, 0.6) is 0 Å². The normalized spacial score (nSPS) is 11.5. The van der Waals surface area contributed by atoms with Gasteiger partial charge in [0.05, 0.1) is 22.7 Å². The number of anilines is 1. The fraction of sp³-hybridized carbons (Fsp3) is 0. The van der Waals surface area contributed by atoms with Crippen molar-refractivity contribution < 1.29 is 9.21 Å². The van der Waals surface area contributed by atoms with Crippen molar-refractivity contribution in [3.63, 3.8) is 0 Å². The van der Waals surface area contributed by atoms with Crippen LogP contribution in [0.1, 0.15) is 16.1 Å². The average molecular weight is 476 g/mol. The Labute approximate surface area is 184 Å². The number of hydrogen-bond acceptors (Lipinski definition) is 5. The van der Waals surface area contributed by atoms with Crippen molar-refractivity contribution in [1.82, 2.24) is 4.98 Å². The number of hydrazone groups is 1. The van der Waals surface area contributed by atoms with Gasteiger partial charge < -0.3 is 4.42 Å². The van der Waals surface area contributed by atoms with Gasteiger partial charge in [-0.3, -0.25) is 4.79 Å². The highest BCUT2D eigenvalue weighted by Crippen LogP contribution is 2.32. The van der Waals surface area contributed by atoms with E-state index in [4.69, 9.17) is 4.42 Å². The highest BCUT2D eigenvalue weighted by Gasteiger charge is 2.22. The van der Waals surface area contributed by atoms with E-state index in [-0.39, 0.29) is 5.91 Å². The van der Waals surface area contributed by atoms with Crippen LogP contribution in [-0.4, -0.2) is 17.1 Å². The molecule has 1 amide bonds.